The molecule has 0 bridgehead atoms. The highest BCUT2D eigenvalue weighted by molar-refractivity contribution is 5.54. The third-order valence-electron chi connectivity index (χ3n) is 1.16. The van der Waals surface area contributed by atoms with Gasteiger partial charge in [-0.2, -0.15) is 0 Å². The predicted octanol–water partition coefficient (Wildman–Crippen LogP) is 1.84. The molecular formula is C7H11O. The van der Waals surface area contributed by atoms with E-state index in [4.69, 9.17) is 0 Å². The van der Waals surface area contributed by atoms with E-state index in [0.717, 1.165) is 6.42 Å². The molecule has 8 heavy (non-hydrogen) atoms. The monoisotopic (exact) mass is 111 g/mol. The number of hydrogen-bond donors (Lipinski definition) is 0. The average Bonchev–Trinajstić information content (AvgIpc) is 1.83. The summed E-state index contributed by atoms with van der Waals surface area (Å²) in [5.74, 6) is 0. The summed E-state index contributed by atoms with van der Waals surface area (Å²) in [7, 11) is 0. The molecule has 0 amide bonds. The molecule has 0 atom stereocenters. The van der Waals surface area contributed by atoms with Crippen LogP contribution >= 0.6 is 0 Å². The first-order valence-corrected chi connectivity index (χ1v) is 2.84. The molecule has 0 heterocycles. The van der Waals surface area contributed by atoms with Gasteiger partial charge in [-0.05, 0) is 13.3 Å². The summed E-state index contributed by atoms with van der Waals surface area (Å²) in [4.78, 5) is 9.77. The maximum atomic E-state index is 9.77. The summed E-state index contributed by atoms with van der Waals surface area (Å²) >= 11 is 0. The molecule has 1 radical (unpaired) electrons. The number of carbonyl (C=O) groups excluding carboxylic acids is 1. The van der Waals surface area contributed by atoms with Crippen molar-refractivity contribution in [2.24, 2.45) is 0 Å². The summed E-state index contributed by atoms with van der Waals surface area (Å²) in [6, 6.07) is 0. The number of allylic oxidation sites excluding steroid dienone is 2. The zero-order valence-electron chi connectivity index (χ0n) is 5.40. The van der Waals surface area contributed by atoms with Crippen molar-refractivity contribution in [2.45, 2.75) is 26.7 Å². The highest BCUT2D eigenvalue weighted by atomic mass is 16.1. The molecule has 0 aromatic heterocycles. The summed E-state index contributed by atoms with van der Waals surface area (Å²) in [5, 5.41) is 0. The summed E-state index contributed by atoms with van der Waals surface area (Å²) < 4.78 is 0. The number of hydrogen-bond acceptors (Lipinski definition) is 1. The lowest BCUT2D eigenvalue weighted by Gasteiger charge is -1.91. The standard InChI is InChI=1S/C7H11O/c1-3-7(4-2)5-6-8/h3H,4-5H2,1-2H3. The van der Waals surface area contributed by atoms with Crippen LogP contribution in [0.4, 0.5) is 0 Å². The fourth-order valence-electron chi connectivity index (χ4n) is 0.524. The van der Waals surface area contributed by atoms with Crippen LogP contribution in [0.3, 0.4) is 0 Å². The van der Waals surface area contributed by atoms with Crippen molar-refractivity contribution in [1.82, 2.24) is 0 Å². The largest absolute Gasteiger partial charge is 0.291 e. The van der Waals surface area contributed by atoms with Crippen LogP contribution in [0.15, 0.2) is 11.6 Å². The van der Waals surface area contributed by atoms with Gasteiger partial charge in [-0.3, -0.25) is 4.79 Å². The highest BCUT2D eigenvalue weighted by Crippen LogP contribution is 2.01. The first-order valence-electron chi connectivity index (χ1n) is 2.84. The Morgan fingerprint density at radius 1 is 1.75 bits per heavy atom. The molecule has 0 aromatic rings. The second-order valence-corrected chi connectivity index (χ2v) is 1.62. The van der Waals surface area contributed by atoms with Gasteiger partial charge in [-0.25, -0.2) is 0 Å². The van der Waals surface area contributed by atoms with Crippen molar-refractivity contribution >= 4 is 6.29 Å². The quantitative estimate of drug-likeness (QED) is 0.508. The molecule has 0 fully saturated rings. The molecule has 0 unspecified atom stereocenters. The van der Waals surface area contributed by atoms with Gasteiger partial charge in [0.15, 0.2) is 0 Å². The van der Waals surface area contributed by atoms with E-state index in [0.29, 0.717) is 6.42 Å². The van der Waals surface area contributed by atoms with Crippen LogP contribution < -0.4 is 0 Å². The molecule has 45 valence electrons. The molecule has 0 N–H and O–H groups in total. The minimum Gasteiger partial charge on any atom is -0.291 e. The van der Waals surface area contributed by atoms with Crippen molar-refractivity contribution in [3.8, 4) is 0 Å². The average molecular weight is 111 g/mol. The first kappa shape index (κ1) is 7.41. The van der Waals surface area contributed by atoms with Crippen molar-refractivity contribution in [1.29, 1.82) is 0 Å². The Balaban J connectivity index is 3.53. The van der Waals surface area contributed by atoms with Crippen LogP contribution in [0.5, 0.6) is 0 Å². The van der Waals surface area contributed by atoms with Gasteiger partial charge in [0.1, 0.15) is 0 Å². The van der Waals surface area contributed by atoms with Crippen molar-refractivity contribution < 1.29 is 4.79 Å². The summed E-state index contributed by atoms with van der Waals surface area (Å²) in [6.07, 6.45) is 5.26. The summed E-state index contributed by atoms with van der Waals surface area (Å²) in [5.41, 5.74) is 1.17. The topological polar surface area (TPSA) is 17.1 Å². The molecule has 0 aliphatic carbocycles. The van der Waals surface area contributed by atoms with E-state index in [2.05, 4.69) is 0 Å². The fourth-order valence-corrected chi connectivity index (χ4v) is 0.524. The summed E-state index contributed by atoms with van der Waals surface area (Å²) in [6.45, 7) is 3.98. The normalized spacial score (nSPS) is 11.5. The number of rotatable bonds is 3. The minimum absolute atomic E-state index is 0.479. The molecule has 0 aliphatic rings. The van der Waals surface area contributed by atoms with E-state index < -0.39 is 0 Å². The van der Waals surface area contributed by atoms with Crippen LogP contribution in [-0.2, 0) is 4.79 Å². The smallest absolute Gasteiger partial charge is 0.202 e. The van der Waals surface area contributed by atoms with Crippen LogP contribution in [0.1, 0.15) is 26.7 Å². The van der Waals surface area contributed by atoms with Crippen LogP contribution in [0.2, 0.25) is 0 Å². The van der Waals surface area contributed by atoms with Gasteiger partial charge in [-0.1, -0.05) is 18.6 Å². The zero-order valence-corrected chi connectivity index (χ0v) is 5.40. The lowest BCUT2D eigenvalue weighted by molar-refractivity contribution is 0.554. The maximum absolute atomic E-state index is 9.77. The van der Waals surface area contributed by atoms with Gasteiger partial charge in [0, 0.05) is 6.42 Å². The van der Waals surface area contributed by atoms with Crippen LogP contribution in [0.25, 0.3) is 0 Å². The van der Waals surface area contributed by atoms with E-state index in [1.54, 1.807) is 0 Å². The Bertz CT molecular complexity index is 92.6. The first-order chi connectivity index (χ1) is 3.85. The zero-order chi connectivity index (χ0) is 6.41. The van der Waals surface area contributed by atoms with Gasteiger partial charge >= 0.3 is 0 Å². The molecule has 1 heteroatoms. The Labute approximate surface area is 50.4 Å². The molecule has 0 aromatic carbocycles. The van der Waals surface area contributed by atoms with Gasteiger partial charge < -0.3 is 0 Å². The van der Waals surface area contributed by atoms with E-state index in [1.165, 1.54) is 5.57 Å². The van der Waals surface area contributed by atoms with E-state index in [1.807, 2.05) is 26.2 Å². The fraction of sp³-hybridized carbons (Fsp3) is 0.571. The van der Waals surface area contributed by atoms with E-state index >= 15 is 0 Å². The van der Waals surface area contributed by atoms with Gasteiger partial charge in [0.25, 0.3) is 0 Å². The SMILES string of the molecule is CC=C(CC)C[C]=O. The van der Waals surface area contributed by atoms with Gasteiger partial charge in [0.2, 0.25) is 6.29 Å². The highest BCUT2D eigenvalue weighted by Gasteiger charge is 1.88. The molecule has 1 nitrogen and oxygen atoms in total. The van der Waals surface area contributed by atoms with E-state index in [9.17, 15) is 4.79 Å². The van der Waals surface area contributed by atoms with Crippen molar-refractivity contribution in [3.05, 3.63) is 11.6 Å². The molecule has 0 rings (SSSR count). The Hall–Kier alpha value is -0.590. The van der Waals surface area contributed by atoms with Crippen LogP contribution in [-0.4, -0.2) is 6.29 Å². The molecule has 0 saturated heterocycles. The lowest BCUT2D eigenvalue weighted by atomic mass is 10.1. The third kappa shape index (κ3) is 2.56. The third-order valence-corrected chi connectivity index (χ3v) is 1.16. The van der Waals surface area contributed by atoms with E-state index in [-0.39, 0.29) is 0 Å². The van der Waals surface area contributed by atoms with Crippen LogP contribution in [0, 0.1) is 0 Å². The lowest BCUT2D eigenvalue weighted by Crippen LogP contribution is -1.79. The second-order valence-electron chi connectivity index (χ2n) is 1.62. The Morgan fingerprint density at radius 3 is 2.50 bits per heavy atom. The predicted molar refractivity (Wildman–Crippen MR) is 34.4 cm³/mol. The molecule has 0 aliphatic heterocycles. The van der Waals surface area contributed by atoms with Gasteiger partial charge in [-0.15, -0.1) is 0 Å². The molecule has 0 spiro atoms. The molecule has 0 saturated carbocycles. The second kappa shape index (κ2) is 4.57. The Morgan fingerprint density at radius 2 is 2.38 bits per heavy atom. The van der Waals surface area contributed by atoms with Gasteiger partial charge in [0.05, 0.1) is 0 Å². The van der Waals surface area contributed by atoms with Crippen molar-refractivity contribution in [3.63, 3.8) is 0 Å². The van der Waals surface area contributed by atoms with Crippen molar-refractivity contribution in [2.75, 3.05) is 0 Å². The Kier molecular flexibility index (Phi) is 4.23. The molecular weight excluding hydrogens is 100 g/mol. The maximum Gasteiger partial charge on any atom is 0.202 e. The minimum atomic E-state index is 0.479.